The van der Waals surface area contributed by atoms with Gasteiger partial charge in [0.15, 0.2) is 5.75 Å². The Morgan fingerprint density at radius 3 is 2.00 bits per heavy atom. The smallest absolute Gasteiger partial charge is 0.426 e. The van der Waals surface area contributed by atoms with E-state index in [1.54, 1.807) is 12.1 Å². The first-order valence-electron chi connectivity index (χ1n) is 6.75. The van der Waals surface area contributed by atoms with Crippen molar-refractivity contribution in [3.05, 3.63) is 25.6 Å². The van der Waals surface area contributed by atoms with E-state index in [0.717, 1.165) is 0 Å². The lowest BCUT2D eigenvalue weighted by molar-refractivity contribution is -0.215. The number of benzene rings is 1. The highest BCUT2D eigenvalue weighted by molar-refractivity contribution is 9.11. The van der Waals surface area contributed by atoms with Crippen LogP contribution in [0.3, 0.4) is 0 Å². The van der Waals surface area contributed by atoms with Crippen LogP contribution in [0.4, 0.5) is 13.2 Å². The van der Waals surface area contributed by atoms with Gasteiger partial charge >= 0.3 is 18.1 Å². The topological polar surface area (TPSA) is 107 Å². The molecule has 0 amide bonds. The SMILES string of the molecule is O=C(CCC(=O)OC(CS(=O)(=O)O)C(F)(F)F)Oc1c(Br)cc(Br)cc1Br. The molecule has 1 aromatic rings. The van der Waals surface area contributed by atoms with Gasteiger partial charge in [-0.25, -0.2) is 0 Å². The second-order valence-corrected chi connectivity index (χ2v) is 9.06. The highest BCUT2D eigenvalue weighted by Crippen LogP contribution is 2.36. The second kappa shape index (κ2) is 9.67. The van der Waals surface area contributed by atoms with Gasteiger partial charge in [-0.05, 0) is 44.0 Å². The molecule has 0 saturated heterocycles. The van der Waals surface area contributed by atoms with E-state index >= 15 is 0 Å². The van der Waals surface area contributed by atoms with Crippen LogP contribution in [0.25, 0.3) is 0 Å². The Morgan fingerprint density at radius 1 is 1.07 bits per heavy atom. The summed E-state index contributed by atoms with van der Waals surface area (Å²) in [6.07, 6.45) is -9.67. The van der Waals surface area contributed by atoms with Crippen molar-refractivity contribution in [3.8, 4) is 5.75 Å². The van der Waals surface area contributed by atoms with Crippen molar-refractivity contribution in [2.45, 2.75) is 25.1 Å². The zero-order chi connectivity index (χ0) is 21.0. The predicted molar refractivity (Wildman–Crippen MR) is 96.8 cm³/mol. The minimum Gasteiger partial charge on any atom is -0.451 e. The Kier molecular flexibility index (Phi) is 8.72. The Labute approximate surface area is 176 Å². The highest BCUT2D eigenvalue weighted by atomic mass is 79.9. The molecule has 0 radical (unpaired) electrons. The monoisotopic (exact) mass is 604 g/mol. The molecule has 0 aliphatic rings. The zero-order valence-electron chi connectivity index (χ0n) is 12.9. The van der Waals surface area contributed by atoms with Crippen molar-refractivity contribution in [1.82, 2.24) is 0 Å². The molecule has 0 aliphatic heterocycles. The number of hydrogen-bond donors (Lipinski definition) is 1. The van der Waals surface area contributed by atoms with Crippen molar-refractivity contribution in [2.24, 2.45) is 0 Å². The molecule has 0 bridgehead atoms. The third-order valence-electron chi connectivity index (χ3n) is 2.71. The zero-order valence-corrected chi connectivity index (χ0v) is 18.5. The Hall–Kier alpha value is -0.700. The van der Waals surface area contributed by atoms with Gasteiger partial charge < -0.3 is 9.47 Å². The van der Waals surface area contributed by atoms with Crippen molar-refractivity contribution in [1.29, 1.82) is 0 Å². The predicted octanol–water partition coefficient (Wildman–Crippen LogP) is 4.02. The fraction of sp³-hybridized carbons (Fsp3) is 0.385. The van der Waals surface area contributed by atoms with Gasteiger partial charge in [-0.15, -0.1) is 0 Å². The molecule has 27 heavy (non-hydrogen) atoms. The first-order valence-corrected chi connectivity index (χ1v) is 10.7. The Morgan fingerprint density at radius 2 is 1.56 bits per heavy atom. The average Bonchev–Trinajstić information content (AvgIpc) is 2.46. The molecular formula is C13H10Br3F3O7S. The Bertz CT molecular complexity index is 804. The normalized spacial score (nSPS) is 13.1. The molecule has 14 heteroatoms. The van der Waals surface area contributed by atoms with E-state index in [2.05, 4.69) is 52.5 Å². The van der Waals surface area contributed by atoms with Crippen molar-refractivity contribution in [2.75, 3.05) is 5.75 Å². The van der Waals surface area contributed by atoms with Gasteiger partial charge in [0.05, 0.1) is 21.8 Å². The number of carbonyl (C=O) groups is 2. The van der Waals surface area contributed by atoms with Crippen LogP contribution in [0.5, 0.6) is 5.75 Å². The van der Waals surface area contributed by atoms with E-state index in [1.165, 1.54) is 0 Å². The first-order chi connectivity index (χ1) is 12.2. The minimum absolute atomic E-state index is 0.0936. The van der Waals surface area contributed by atoms with Gasteiger partial charge in [0.25, 0.3) is 10.1 Å². The van der Waals surface area contributed by atoms with Crippen molar-refractivity contribution >= 4 is 69.8 Å². The number of hydrogen-bond acceptors (Lipinski definition) is 6. The maximum Gasteiger partial charge on any atom is 0.426 e. The number of halogens is 6. The Balaban J connectivity index is 2.66. The second-order valence-electron chi connectivity index (χ2n) is 4.94. The summed E-state index contributed by atoms with van der Waals surface area (Å²) in [5.74, 6) is -4.16. The average molecular weight is 607 g/mol. The molecular weight excluding hydrogens is 597 g/mol. The lowest BCUT2D eigenvalue weighted by Gasteiger charge is -2.19. The molecule has 0 fully saturated rings. The van der Waals surface area contributed by atoms with E-state index in [-0.39, 0.29) is 5.75 Å². The van der Waals surface area contributed by atoms with Gasteiger partial charge in [0.1, 0.15) is 5.75 Å². The van der Waals surface area contributed by atoms with Gasteiger partial charge in [-0.3, -0.25) is 14.1 Å². The fourth-order valence-electron chi connectivity index (χ4n) is 1.60. The lowest BCUT2D eigenvalue weighted by atomic mass is 10.3. The summed E-state index contributed by atoms with van der Waals surface area (Å²) in [4.78, 5) is 23.3. The quantitative estimate of drug-likeness (QED) is 0.284. The number of carbonyl (C=O) groups excluding carboxylic acids is 2. The largest absolute Gasteiger partial charge is 0.451 e. The first kappa shape index (κ1) is 24.3. The summed E-state index contributed by atoms with van der Waals surface area (Å²) in [6.45, 7) is 0. The lowest BCUT2D eigenvalue weighted by Crippen LogP contribution is -2.39. The molecule has 0 heterocycles. The van der Waals surface area contributed by atoms with Crippen LogP contribution >= 0.6 is 47.8 Å². The van der Waals surface area contributed by atoms with Crippen LogP contribution in [-0.2, 0) is 24.4 Å². The maximum atomic E-state index is 12.7. The van der Waals surface area contributed by atoms with Crippen LogP contribution in [0.2, 0.25) is 0 Å². The summed E-state index contributed by atoms with van der Waals surface area (Å²) in [5, 5.41) is 0. The molecule has 0 saturated carbocycles. The molecule has 7 nitrogen and oxygen atoms in total. The summed E-state index contributed by atoms with van der Waals surface area (Å²) < 4.78 is 78.2. The molecule has 1 aromatic carbocycles. The molecule has 152 valence electrons. The highest BCUT2D eigenvalue weighted by Gasteiger charge is 2.45. The van der Waals surface area contributed by atoms with E-state index in [4.69, 9.17) is 9.29 Å². The molecule has 1 rings (SSSR count). The van der Waals surface area contributed by atoms with Gasteiger partial charge in [-0.1, -0.05) is 15.9 Å². The minimum atomic E-state index is -5.21. The van der Waals surface area contributed by atoms with E-state index in [1.807, 2.05) is 0 Å². The molecule has 1 N–H and O–H groups in total. The summed E-state index contributed by atoms with van der Waals surface area (Å²) in [7, 11) is -5.04. The van der Waals surface area contributed by atoms with E-state index in [0.29, 0.717) is 13.4 Å². The summed E-state index contributed by atoms with van der Waals surface area (Å²) in [6, 6.07) is 3.15. The fourth-order valence-corrected chi connectivity index (χ4v) is 4.66. The van der Waals surface area contributed by atoms with E-state index < -0.39 is 52.9 Å². The third kappa shape index (κ3) is 8.89. The number of alkyl halides is 3. The van der Waals surface area contributed by atoms with Crippen LogP contribution in [0.1, 0.15) is 12.8 Å². The van der Waals surface area contributed by atoms with Gasteiger partial charge in [0.2, 0.25) is 6.10 Å². The standard InChI is InChI=1S/C13H10Br3F3O7S/c14-6-3-7(15)12(8(16)4-6)26-11(21)2-1-10(20)25-9(13(17,18)19)5-27(22,23)24/h3-4,9H,1-2,5H2,(H,22,23,24). The van der Waals surface area contributed by atoms with E-state index in [9.17, 15) is 31.2 Å². The van der Waals surface area contributed by atoms with Crippen LogP contribution in [-0.4, -0.2) is 42.9 Å². The third-order valence-corrected chi connectivity index (χ3v) is 5.07. The maximum absolute atomic E-state index is 12.7. The van der Waals surface area contributed by atoms with Gasteiger partial charge in [0, 0.05) is 4.47 Å². The summed E-state index contributed by atoms with van der Waals surface area (Å²) in [5.41, 5.74) is 0. The van der Waals surface area contributed by atoms with Gasteiger partial charge in [-0.2, -0.15) is 21.6 Å². The van der Waals surface area contributed by atoms with Crippen molar-refractivity contribution < 1.29 is 45.2 Å². The van der Waals surface area contributed by atoms with Crippen molar-refractivity contribution in [3.63, 3.8) is 0 Å². The molecule has 0 aliphatic carbocycles. The molecule has 1 atom stereocenters. The number of esters is 2. The molecule has 0 spiro atoms. The summed E-state index contributed by atoms with van der Waals surface area (Å²) >= 11 is 9.52. The molecule has 1 unspecified atom stereocenters. The number of rotatable bonds is 7. The number of ether oxygens (including phenoxy) is 2. The molecule has 0 aromatic heterocycles. The van der Waals surface area contributed by atoms with Crippen LogP contribution < -0.4 is 4.74 Å². The van der Waals surface area contributed by atoms with Crippen LogP contribution in [0.15, 0.2) is 25.6 Å². The van der Waals surface area contributed by atoms with Crippen LogP contribution in [0, 0.1) is 0 Å².